The Balaban J connectivity index is 2.63. The molecule has 1 unspecified atom stereocenters. The molecule has 74 valence electrons. The number of carbonyl (C=O) groups is 2. The lowest BCUT2D eigenvalue weighted by Crippen LogP contribution is -2.18. The molecule has 0 saturated carbocycles. The van der Waals surface area contributed by atoms with Crippen molar-refractivity contribution in [2.24, 2.45) is 5.73 Å². The van der Waals surface area contributed by atoms with Gasteiger partial charge in [-0.15, -0.1) is 0 Å². The first-order valence-corrected chi connectivity index (χ1v) is 4.16. The summed E-state index contributed by atoms with van der Waals surface area (Å²) in [4.78, 5) is 21.0. The van der Waals surface area contributed by atoms with Gasteiger partial charge >= 0.3 is 6.09 Å². The molecule has 1 rings (SSSR count). The number of hydrogen-bond acceptors (Lipinski definition) is 3. The summed E-state index contributed by atoms with van der Waals surface area (Å²) in [6.07, 6.45) is -0.133. The van der Waals surface area contributed by atoms with Crippen LogP contribution in [0.2, 0.25) is 0 Å². The van der Waals surface area contributed by atoms with Gasteiger partial charge in [0.15, 0.2) is 0 Å². The quantitative estimate of drug-likeness (QED) is 0.727. The number of ether oxygens (including phenoxy) is 1. The third-order valence-electron chi connectivity index (χ3n) is 1.80. The van der Waals surface area contributed by atoms with Gasteiger partial charge in [-0.25, -0.2) is 4.79 Å². The highest BCUT2D eigenvalue weighted by molar-refractivity contribution is 5.66. The first-order valence-electron chi connectivity index (χ1n) is 4.16. The van der Waals surface area contributed by atoms with Gasteiger partial charge in [0.1, 0.15) is 12.9 Å². The first-order chi connectivity index (χ1) is 6.74. The second-order valence-corrected chi connectivity index (χ2v) is 2.78. The van der Waals surface area contributed by atoms with E-state index in [1.54, 1.807) is 12.1 Å². The summed E-state index contributed by atoms with van der Waals surface area (Å²) in [6.45, 7) is -0.0111. The van der Waals surface area contributed by atoms with Gasteiger partial charge in [-0.1, -0.05) is 30.3 Å². The smallest absolute Gasteiger partial charge is 0.404 e. The maximum Gasteiger partial charge on any atom is 0.404 e. The van der Waals surface area contributed by atoms with E-state index in [2.05, 4.69) is 4.74 Å². The zero-order chi connectivity index (χ0) is 10.4. The summed E-state index contributed by atoms with van der Waals surface area (Å²) < 4.78 is 4.56. The molecule has 1 aromatic carbocycles. The van der Waals surface area contributed by atoms with Crippen LogP contribution in [0.15, 0.2) is 30.3 Å². The van der Waals surface area contributed by atoms with E-state index in [1.165, 1.54) is 0 Å². The van der Waals surface area contributed by atoms with Gasteiger partial charge in [0.25, 0.3) is 0 Å². The number of primary amides is 1. The largest absolute Gasteiger partial charge is 0.449 e. The second-order valence-electron chi connectivity index (χ2n) is 2.78. The molecule has 0 fully saturated rings. The fourth-order valence-corrected chi connectivity index (χ4v) is 1.09. The molecular weight excluding hydrogens is 182 g/mol. The minimum atomic E-state index is -0.868. The maximum atomic E-state index is 10.7. The standard InChI is InChI=1S/C10H11NO3/c11-10(13)14-7-9(6-12)8-4-2-1-3-5-8/h1-6,9H,7H2,(H2,11,13). The van der Waals surface area contributed by atoms with Crippen LogP contribution >= 0.6 is 0 Å². The molecule has 1 aromatic rings. The fourth-order valence-electron chi connectivity index (χ4n) is 1.09. The zero-order valence-electron chi connectivity index (χ0n) is 7.55. The van der Waals surface area contributed by atoms with Crippen LogP contribution < -0.4 is 5.73 Å². The number of benzene rings is 1. The number of nitrogens with two attached hydrogens (primary N) is 1. The minimum Gasteiger partial charge on any atom is -0.449 e. The van der Waals surface area contributed by atoms with E-state index in [0.29, 0.717) is 0 Å². The summed E-state index contributed by atoms with van der Waals surface area (Å²) in [5.41, 5.74) is 5.61. The molecule has 2 N–H and O–H groups in total. The third-order valence-corrected chi connectivity index (χ3v) is 1.80. The van der Waals surface area contributed by atoms with Crippen molar-refractivity contribution in [1.29, 1.82) is 0 Å². The SMILES string of the molecule is NC(=O)OCC(C=O)c1ccccc1. The van der Waals surface area contributed by atoms with Gasteiger partial charge in [0, 0.05) is 0 Å². The molecule has 4 heteroatoms. The van der Waals surface area contributed by atoms with Crippen LogP contribution in [0.25, 0.3) is 0 Å². The Kier molecular flexibility index (Phi) is 3.67. The number of rotatable bonds is 4. The Morgan fingerprint density at radius 2 is 2.07 bits per heavy atom. The molecule has 0 aliphatic heterocycles. The van der Waals surface area contributed by atoms with E-state index in [4.69, 9.17) is 5.73 Å². The van der Waals surface area contributed by atoms with Gasteiger partial charge in [-0.3, -0.25) is 0 Å². The van der Waals surface area contributed by atoms with E-state index in [1.807, 2.05) is 18.2 Å². The lowest BCUT2D eigenvalue weighted by atomic mass is 10.0. The number of amides is 1. The number of hydrogen-bond donors (Lipinski definition) is 1. The third kappa shape index (κ3) is 2.90. The van der Waals surface area contributed by atoms with Crippen molar-refractivity contribution in [2.45, 2.75) is 5.92 Å². The predicted molar refractivity (Wildman–Crippen MR) is 50.8 cm³/mol. The number of carbonyl (C=O) groups excluding carboxylic acids is 2. The van der Waals surface area contributed by atoms with Crippen molar-refractivity contribution < 1.29 is 14.3 Å². The zero-order valence-corrected chi connectivity index (χ0v) is 7.55. The van der Waals surface area contributed by atoms with Crippen LogP contribution in [0.3, 0.4) is 0 Å². The van der Waals surface area contributed by atoms with Crippen LogP contribution in [0.1, 0.15) is 11.5 Å². The summed E-state index contributed by atoms with van der Waals surface area (Å²) in [7, 11) is 0. The van der Waals surface area contributed by atoms with Crippen molar-refractivity contribution in [2.75, 3.05) is 6.61 Å². The lowest BCUT2D eigenvalue weighted by Gasteiger charge is -2.09. The van der Waals surface area contributed by atoms with E-state index < -0.39 is 12.0 Å². The average Bonchev–Trinajstić information content (AvgIpc) is 2.20. The van der Waals surface area contributed by atoms with E-state index >= 15 is 0 Å². The molecule has 14 heavy (non-hydrogen) atoms. The van der Waals surface area contributed by atoms with Crippen molar-refractivity contribution in [3.05, 3.63) is 35.9 Å². The van der Waals surface area contributed by atoms with Crippen molar-refractivity contribution >= 4 is 12.4 Å². The summed E-state index contributed by atoms with van der Waals surface area (Å²) in [5.74, 6) is -0.441. The Labute approximate surface area is 81.7 Å². The topological polar surface area (TPSA) is 69.4 Å². The molecule has 0 radical (unpaired) electrons. The Morgan fingerprint density at radius 3 is 2.57 bits per heavy atom. The monoisotopic (exact) mass is 193 g/mol. The minimum absolute atomic E-state index is 0.0111. The molecule has 0 heterocycles. The van der Waals surface area contributed by atoms with Crippen LogP contribution in [0.4, 0.5) is 4.79 Å². The molecule has 0 aliphatic carbocycles. The van der Waals surface area contributed by atoms with Gasteiger partial charge in [-0.05, 0) is 5.56 Å². The highest BCUT2D eigenvalue weighted by atomic mass is 16.5. The van der Waals surface area contributed by atoms with Crippen LogP contribution in [-0.4, -0.2) is 19.0 Å². The molecule has 4 nitrogen and oxygen atoms in total. The predicted octanol–water partition coefficient (Wildman–Crippen LogP) is 1.06. The molecule has 0 spiro atoms. The van der Waals surface area contributed by atoms with Crippen LogP contribution in [0.5, 0.6) is 0 Å². The second kappa shape index (κ2) is 5.01. The van der Waals surface area contributed by atoms with E-state index in [0.717, 1.165) is 11.8 Å². The molecule has 0 bridgehead atoms. The van der Waals surface area contributed by atoms with Gasteiger partial charge in [-0.2, -0.15) is 0 Å². The van der Waals surface area contributed by atoms with Crippen LogP contribution in [-0.2, 0) is 9.53 Å². The molecule has 0 aliphatic rings. The van der Waals surface area contributed by atoms with Gasteiger partial charge < -0.3 is 15.3 Å². The van der Waals surface area contributed by atoms with Gasteiger partial charge in [0.2, 0.25) is 0 Å². The van der Waals surface area contributed by atoms with Gasteiger partial charge in [0.05, 0.1) is 5.92 Å². The molecule has 0 saturated heterocycles. The normalized spacial score (nSPS) is 11.7. The van der Waals surface area contributed by atoms with Crippen molar-refractivity contribution in [1.82, 2.24) is 0 Å². The fraction of sp³-hybridized carbons (Fsp3) is 0.200. The molecule has 1 amide bonds. The first kappa shape index (κ1) is 10.2. The van der Waals surface area contributed by atoms with E-state index in [9.17, 15) is 9.59 Å². The van der Waals surface area contributed by atoms with E-state index in [-0.39, 0.29) is 6.61 Å². The Bertz CT molecular complexity index is 310. The molecule has 0 aromatic heterocycles. The lowest BCUT2D eigenvalue weighted by molar-refractivity contribution is -0.109. The van der Waals surface area contributed by atoms with Crippen molar-refractivity contribution in [3.63, 3.8) is 0 Å². The van der Waals surface area contributed by atoms with Crippen molar-refractivity contribution in [3.8, 4) is 0 Å². The average molecular weight is 193 g/mol. The maximum absolute atomic E-state index is 10.7. The molecule has 1 atom stereocenters. The molecular formula is C10H11NO3. The summed E-state index contributed by atoms with van der Waals surface area (Å²) in [5, 5.41) is 0. The summed E-state index contributed by atoms with van der Waals surface area (Å²) >= 11 is 0. The van der Waals surface area contributed by atoms with Crippen LogP contribution in [0, 0.1) is 0 Å². The Morgan fingerprint density at radius 1 is 1.43 bits per heavy atom. The Hall–Kier alpha value is -1.84. The highest BCUT2D eigenvalue weighted by Gasteiger charge is 2.11. The highest BCUT2D eigenvalue weighted by Crippen LogP contribution is 2.12. The summed E-state index contributed by atoms with van der Waals surface area (Å²) in [6, 6.07) is 9.07. The number of aldehydes is 1.